The first-order valence-electron chi connectivity index (χ1n) is 8.30. The summed E-state index contributed by atoms with van der Waals surface area (Å²) in [5, 5.41) is 17.7. The first-order valence-corrected chi connectivity index (χ1v) is 10.1. The second-order valence-corrected chi connectivity index (χ2v) is 9.12. The van der Waals surface area contributed by atoms with Crippen molar-refractivity contribution in [3.8, 4) is 0 Å². The van der Waals surface area contributed by atoms with Crippen LogP contribution in [0.25, 0.3) is 0 Å². The molecule has 2 aromatic rings. The predicted octanol–water partition coefficient (Wildman–Crippen LogP) is 2.58. The fraction of sp³-hybridized carbons (Fsp3) is 0.471. The number of aryl methyl sites for hydroxylation is 2. The van der Waals surface area contributed by atoms with E-state index < -0.39 is 21.4 Å². The van der Waals surface area contributed by atoms with E-state index in [1.165, 1.54) is 10.4 Å². The molecule has 1 aromatic heterocycles. The van der Waals surface area contributed by atoms with E-state index in [0.29, 0.717) is 22.0 Å². The van der Waals surface area contributed by atoms with Crippen molar-refractivity contribution in [1.29, 1.82) is 0 Å². The van der Waals surface area contributed by atoms with E-state index in [1.807, 2.05) is 0 Å². The molecule has 2 N–H and O–H groups in total. The van der Waals surface area contributed by atoms with Crippen LogP contribution < -0.4 is 0 Å². The van der Waals surface area contributed by atoms with E-state index in [1.54, 1.807) is 26.0 Å². The minimum atomic E-state index is -3.68. The number of piperidine rings is 1. The summed E-state index contributed by atoms with van der Waals surface area (Å²) >= 11 is 5.75. The van der Waals surface area contributed by atoms with Crippen LogP contribution in [0.3, 0.4) is 0 Å². The van der Waals surface area contributed by atoms with Gasteiger partial charge in [-0.15, -0.1) is 0 Å². The predicted molar refractivity (Wildman–Crippen MR) is 96.1 cm³/mol. The molecule has 3 rings (SSSR count). The van der Waals surface area contributed by atoms with Crippen LogP contribution in [-0.4, -0.2) is 46.7 Å². The SMILES string of the molecule is Cc1n[nH]c(C)c1S(=O)(=O)N1CCC(O)(Cc2ccc(Cl)cc2F)CC1. The minimum Gasteiger partial charge on any atom is -0.389 e. The Morgan fingerprint density at radius 3 is 2.54 bits per heavy atom. The smallest absolute Gasteiger partial charge is 0.246 e. The maximum absolute atomic E-state index is 14.0. The Morgan fingerprint density at radius 2 is 2.00 bits per heavy atom. The van der Waals surface area contributed by atoms with Gasteiger partial charge in [0, 0.05) is 24.5 Å². The van der Waals surface area contributed by atoms with Crippen LogP contribution in [0.15, 0.2) is 23.1 Å². The van der Waals surface area contributed by atoms with E-state index in [4.69, 9.17) is 11.6 Å². The second-order valence-electron chi connectivity index (χ2n) is 6.80. The minimum absolute atomic E-state index is 0.119. The summed E-state index contributed by atoms with van der Waals surface area (Å²) in [6.45, 7) is 3.63. The molecule has 142 valence electrons. The van der Waals surface area contributed by atoms with E-state index in [9.17, 15) is 17.9 Å². The third-order valence-electron chi connectivity index (χ3n) is 4.85. The molecule has 1 aliphatic heterocycles. The summed E-state index contributed by atoms with van der Waals surface area (Å²) in [7, 11) is -3.68. The van der Waals surface area contributed by atoms with Gasteiger partial charge in [-0.25, -0.2) is 12.8 Å². The van der Waals surface area contributed by atoms with E-state index in [2.05, 4.69) is 10.2 Å². The lowest BCUT2D eigenvalue weighted by molar-refractivity contribution is -0.00506. The van der Waals surface area contributed by atoms with Crippen molar-refractivity contribution in [3.63, 3.8) is 0 Å². The first kappa shape index (κ1) is 19.3. The third-order valence-corrected chi connectivity index (χ3v) is 7.24. The van der Waals surface area contributed by atoms with Crippen molar-refractivity contribution in [1.82, 2.24) is 14.5 Å². The molecular formula is C17H21ClFN3O3S. The van der Waals surface area contributed by atoms with Gasteiger partial charge in [-0.05, 0) is 44.4 Å². The molecule has 1 saturated heterocycles. The number of hydrogen-bond donors (Lipinski definition) is 2. The molecule has 1 aliphatic rings. The van der Waals surface area contributed by atoms with Gasteiger partial charge in [0.25, 0.3) is 0 Å². The molecule has 0 amide bonds. The van der Waals surface area contributed by atoms with Crippen molar-refractivity contribution < 1.29 is 17.9 Å². The molecular weight excluding hydrogens is 381 g/mol. The monoisotopic (exact) mass is 401 g/mol. The Morgan fingerprint density at radius 1 is 1.35 bits per heavy atom. The second kappa shape index (κ2) is 6.92. The van der Waals surface area contributed by atoms with Gasteiger partial charge in [-0.1, -0.05) is 17.7 Å². The molecule has 0 radical (unpaired) electrons. The zero-order valence-corrected chi connectivity index (χ0v) is 16.2. The highest BCUT2D eigenvalue weighted by molar-refractivity contribution is 7.89. The number of aliphatic hydroxyl groups is 1. The van der Waals surface area contributed by atoms with E-state index in [0.717, 1.165) is 0 Å². The van der Waals surface area contributed by atoms with Gasteiger partial charge in [0.15, 0.2) is 0 Å². The van der Waals surface area contributed by atoms with Gasteiger partial charge in [0.05, 0.1) is 17.0 Å². The Kier molecular flexibility index (Phi) is 5.13. The standard InChI is InChI=1S/C17H21ClFN3O3S/c1-11-16(12(2)21-20-11)26(24,25)22-7-5-17(23,6-8-22)10-13-3-4-14(18)9-15(13)19/h3-4,9,23H,5-8,10H2,1-2H3,(H,20,21). The number of nitrogens with zero attached hydrogens (tertiary/aromatic N) is 2. The summed E-state index contributed by atoms with van der Waals surface area (Å²) in [6, 6.07) is 4.34. The lowest BCUT2D eigenvalue weighted by Gasteiger charge is -2.37. The normalized spacial score (nSPS) is 18.2. The van der Waals surface area contributed by atoms with Gasteiger partial charge < -0.3 is 5.11 Å². The topological polar surface area (TPSA) is 86.3 Å². The maximum atomic E-state index is 14.0. The molecule has 26 heavy (non-hydrogen) atoms. The molecule has 9 heteroatoms. The number of halogens is 2. The Labute approximate surface area is 157 Å². The summed E-state index contributed by atoms with van der Waals surface area (Å²) < 4.78 is 41.1. The molecule has 0 atom stereocenters. The fourth-order valence-corrected chi connectivity index (χ4v) is 5.32. The number of aromatic nitrogens is 2. The van der Waals surface area contributed by atoms with Gasteiger partial charge >= 0.3 is 0 Å². The molecule has 0 bridgehead atoms. The summed E-state index contributed by atoms with van der Waals surface area (Å²) in [5.74, 6) is -0.467. The number of rotatable bonds is 4. The zero-order valence-electron chi connectivity index (χ0n) is 14.6. The van der Waals surface area contributed by atoms with Crippen molar-refractivity contribution >= 4 is 21.6 Å². The molecule has 0 saturated carbocycles. The molecule has 0 aliphatic carbocycles. The highest BCUT2D eigenvalue weighted by atomic mass is 35.5. The highest BCUT2D eigenvalue weighted by Crippen LogP contribution is 2.31. The first-order chi connectivity index (χ1) is 12.1. The van der Waals surface area contributed by atoms with Crippen molar-refractivity contribution in [2.45, 2.75) is 43.6 Å². The molecule has 6 nitrogen and oxygen atoms in total. The van der Waals surface area contributed by atoms with Crippen molar-refractivity contribution in [3.05, 3.63) is 46.0 Å². The quantitative estimate of drug-likeness (QED) is 0.824. The molecule has 0 unspecified atom stereocenters. The van der Waals surface area contributed by atoms with Crippen LogP contribution in [0.5, 0.6) is 0 Å². The van der Waals surface area contributed by atoms with Gasteiger partial charge in [0.2, 0.25) is 10.0 Å². The summed E-state index contributed by atoms with van der Waals surface area (Å²) in [5.41, 5.74) is 0.133. The number of sulfonamides is 1. The summed E-state index contributed by atoms with van der Waals surface area (Å²) in [6.07, 6.45) is 0.572. The van der Waals surface area contributed by atoms with Crippen molar-refractivity contribution in [2.75, 3.05) is 13.1 Å². The molecule has 2 heterocycles. The number of aromatic amines is 1. The Bertz CT molecular complexity index is 902. The number of H-pyrrole nitrogens is 1. The van der Waals surface area contributed by atoms with E-state index in [-0.39, 0.29) is 37.2 Å². The van der Waals surface area contributed by atoms with Gasteiger partial charge in [-0.2, -0.15) is 9.40 Å². The average Bonchev–Trinajstić information content (AvgIpc) is 2.90. The fourth-order valence-electron chi connectivity index (χ4n) is 3.39. The van der Waals surface area contributed by atoms with Crippen LogP contribution in [0.1, 0.15) is 29.8 Å². The van der Waals surface area contributed by atoms with Crippen molar-refractivity contribution in [2.24, 2.45) is 0 Å². The largest absolute Gasteiger partial charge is 0.389 e. The van der Waals surface area contributed by atoms with Gasteiger partial charge in [-0.3, -0.25) is 5.10 Å². The lowest BCUT2D eigenvalue weighted by atomic mass is 9.86. The lowest BCUT2D eigenvalue weighted by Crippen LogP contribution is -2.47. The Hall–Kier alpha value is -1.48. The van der Waals surface area contributed by atoms with Crippen LogP contribution in [-0.2, 0) is 16.4 Å². The maximum Gasteiger partial charge on any atom is 0.246 e. The Balaban J connectivity index is 1.74. The third kappa shape index (κ3) is 3.64. The van der Waals surface area contributed by atoms with Crippen LogP contribution in [0.2, 0.25) is 5.02 Å². The number of hydrogen-bond acceptors (Lipinski definition) is 4. The zero-order chi connectivity index (χ0) is 19.1. The molecule has 1 aromatic carbocycles. The summed E-state index contributed by atoms with van der Waals surface area (Å²) in [4.78, 5) is 0.187. The molecule has 0 spiro atoms. The highest BCUT2D eigenvalue weighted by Gasteiger charge is 2.39. The number of nitrogens with one attached hydrogen (secondary N) is 1. The molecule has 1 fully saturated rings. The van der Waals surface area contributed by atoms with Crippen LogP contribution >= 0.6 is 11.6 Å². The van der Waals surface area contributed by atoms with Gasteiger partial charge in [0.1, 0.15) is 10.7 Å². The number of benzene rings is 1. The van der Waals surface area contributed by atoms with E-state index >= 15 is 0 Å². The van der Waals surface area contributed by atoms with Crippen LogP contribution in [0, 0.1) is 19.7 Å². The van der Waals surface area contributed by atoms with Crippen LogP contribution in [0.4, 0.5) is 4.39 Å². The average molecular weight is 402 g/mol.